The number of aromatic nitrogens is 3. The van der Waals surface area contributed by atoms with Gasteiger partial charge in [0.2, 0.25) is 0 Å². The number of aryl methyl sites for hydroxylation is 1. The Morgan fingerprint density at radius 1 is 1.05 bits per heavy atom. The summed E-state index contributed by atoms with van der Waals surface area (Å²) in [6, 6.07) is 16.7. The van der Waals surface area contributed by atoms with Crippen LogP contribution in [-0.4, -0.2) is 77.0 Å². The van der Waals surface area contributed by atoms with E-state index < -0.39 is 10.8 Å². The monoisotopic (exact) mass is 604 g/mol. The Labute approximate surface area is 252 Å². The normalized spacial score (nSPS) is 13.0. The van der Waals surface area contributed by atoms with Crippen molar-refractivity contribution in [3.05, 3.63) is 87.1 Å². The number of anilines is 3. The predicted molar refractivity (Wildman–Crippen MR) is 163 cm³/mol. The lowest BCUT2D eigenvalue weighted by atomic mass is 10.1. The first-order valence-corrected chi connectivity index (χ1v) is 13.7. The van der Waals surface area contributed by atoms with E-state index in [2.05, 4.69) is 20.9 Å². The summed E-state index contributed by atoms with van der Waals surface area (Å²) in [5.74, 6) is -0.155. The molecule has 1 aliphatic rings. The highest BCUT2D eigenvalue weighted by molar-refractivity contribution is 6.33. The van der Waals surface area contributed by atoms with Gasteiger partial charge >= 0.3 is 0 Å². The van der Waals surface area contributed by atoms with Crippen LogP contribution in [0.1, 0.15) is 20.8 Å². The maximum Gasteiger partial charge on any atom is 0.294 e. The summed E-state index contributed by atoms with van der Waals surface area (Å²) >= 11 is 6.51. The van der Waals surface area contributed by atoms with Crippen molar-refractivity contribution in [1.82, 2.24) is 19.9 Å². The molecule has 4 aromatic rings. The van der Waals surface area contributed by atoms with E-state index in [9.17, 15) is 19.7 Å². The van der Waals surface area contributed by atoms with Crippen LogP contribution in [0.15, 0.2) is 60.7 Å². The van der Waals surface area contributed by atoms with Gasteiger partial charge in [-0.15, -0.1) is 5.10 Å². The molecule has 0 saturated carbocycles. The lowest BCUT2D eigenvalue weighted by Gasteiger charge is -2.36. The first-order valence-electron chi connectivity index (χ1n) is 13.4. The molecular weight excluding hydrogens is 576 g/mol. The molecule has 1 saturated heterocycles. The van der Waals surface area contributed by atoms with E-state index in [0.717, 1.165) is 5.69 Å². The number of carbonyl (C=O) groups excluding carboxylic acids is 2. The minimum absolute atomic E-state index is 0.0213. The zero-order valence-electron chi connectivity index (χ0n) is 23.7. The van der Waals surface area contributed by atoms with E-state index in [-0.39, 0.29) is 22.3 Å². The Bertz CT molecular complexity index is 1680. The van der Waals surface area contributed by atoms with Crippen LogP contribution in [0.3, 0.4) is 0 Å². The molecule has 2 amide bonds. The van der Waals surface area contributed by atoms with E-state index in [1.165, 1.54) is 16.8 Å². The molecule has 1 aliphatic heterocycles. The molecule has 13 nitrogen and oxygen atoms in total. The largest absolute Gasteiger partial charge is 0.496 e. The summed E-state index contributed by atoms with van der Waals surface area (Å²) in [4.78, 5) is 41.4. The SMILES string of the molecule is CNc1ccc(C(=O)Nc2cc(N3CCN(C(=O)c4c(-c5ccccc5OC)nnn4C)CC3)c(Cl)cc2[N+](=O)[O-])cc1. The highest BCUT2D eigenvalue weighted by atomic mass is 35.5. The number of amides is 2. The van der Waals surface area contributed by atoms with Gasteiger partial charge in [0.25, 0.3) is 17.5 Å². The van der Waals surface area contributed by atoms with Crippen LogP contribution in [0.4, 0.5) is 22.7 Å². The van der Waals surface area contributed by atoms with Gasteiger partial charge in [-0.25, -0.2) is 4.68 Å². The molecule has 2 N–H and O–H groups in total. The van der Waals surface area contributed by atoms with Gasteiger partial charge in [0.15, 0.2) is 5.69 Å². The number of methoxy groups -OCH3 is 1. The van der Waals surface area contributed by atoms with E-state index in [1.54, 1.807) is 56.4 Å². The number of hydrogen-bond acceptors (Lipinski definition) is 9. The van der Waals surface area contributed by atoms with E-state index >= 15 is 0 Å². The highest BCUT2D eigenvalue weighted by Gasteiger charge is 2.30. The van der Waals surface area contributed by atoms with Gasteiger partial charge < -0.3 is 25.2 Å². The summed E-state index contributed by atoms with van der Waals surface area (Å²) in [5, 5.41) is 25.9. The van der Waals surface area contributed by atoms with Crippen molar-refractivity contribution in [2.75, 3.05) is 55.9 Å². The number of nitro benzene ring substituents is 1. The molecule has 0 radical (unpaired) electrons. The molecule has 0 unspecified atom stereocenters. The van der Waals surface area contributed by atoms with Crippen molar-refractivity contribution >= 4 is 46.2 Å². The third-order valence-electron chi connectivity index (χ3n) is 7.24. The molecular formula is C29H29ClN8O5. The number of piperazine rings is 1. The van der Waals surface area contributed by atoms with Crippen molar-refractivity contribution in [2.24, 2.45) is 7.05 Å². The molecule has 43 heavy (non-hydrogen) atoms. The number of carbonyl (C=O) groups is 2. The molecule has 3 aromatic carbocycles. The van der Waals surface area contributed by atoms with Crippen molar-refractivity contribution in [2.45, 2.75) is 0 Å². The Kier molecular flexibility index (Phi) is 8.44. The van der Waals surface area contributed by atoms with Crippen LogP contribution in [0.25, 0.3) is 11.3 Å². The number of nitro groups is 1. The molecule has 0 bridgehead atoms. The van der Waals surface area contributed by atoms with E-state index in [4.69, 9.17) is 16.3 Å². The third-order valence-corrected chi connectivity index (χ3v) is 7.55. The molecule has 2 heterocycles. The second-order valence-electron chi connectivity index (χ2n) is 9.75. The first-order chi connectivity index (χ1) is 20.7. The van der Waals surface area contributed by atoms with Gasteiger partial charge in [-0.1, -0.05) is 28.9 Å². The van der Waals surface area contributed by atoms with Crippen molar-refractivity contribution in [1.29, 1.82) is 0 Å². The Hall–Kier alpha value is -5.17. The number of hydrogen-bond donors (Lipinski definition) is 2. The molecule has 0 aliphatic carbocycles. The molecule has 0 atom stereocenters. The van der Waals surface area contributed by atoms with Crippen LogP contribution in [0, 0.1) is 10.1 Å². The zero-order chi connectivity index (χ0) is 30.7. The quantitative estimate of drug-likeness (QED) is 0.222. The third kappa shape index (κ3) is 5.93. The summed E-state index contributed by atoms with van der Waals surface area (Å²) in [6.07, 6.45) is 0. The Balaban J connectivity index is 1.35. The van der Waals surface area contributed by atoms with Gasteiger partial charge in [-0.05, 0) is 42.5 Å². The maximum absolute atomic E-state index is 13.7. The minimum Gasteiger partial charge on any atom is -0.496 e. The standard InChI is InChI=1S/C29H29ClN8O5/c1-31-19-10-8-18(9-11-19)28(39)32-22-17-23(21(30)16-24(22)38(41)42)36-12-14-37(15-13-36)29(40)27-26(33-34-35(27)2)20-6-4-5-7-25(20)43-3/h4-11,16-17,31H,12-15H2,1-3H3,(H,32,39). The van der Waals surface area contributed by atoms with Gasteiger partial charge in [-0.2, -0.15) is 0 Å². The number of rotatable bonds is 8. The van der Waals surface area contributed by atoms with Gasteiger partial charge in [0.1, 0.15) is 17.1 Å². The number of halogens is 1. The zero-order valence-corrected chi connectivity index (χ0v) is 24.5. The molecule has 1 fully saturated rings. The van der Waals surface area contributed by atoms with E-state index in [0.29, 0.717) is 60.1 Å². The fourth-order valence-electron chi connectivity index (χ4n) is 4.95. The topological polar surface area (TPSA) is 148 Å². The smallest absolute Gasteiger partial charge is 0.294 e. The van der Waals surface area contributed by atoms with Crippen LogP contribution < -0.4 is 20.3 Å². The predicted octanol–water partition coefficient (Wildman–Crippen LogP) is 4.31. The molecule has 1 aromatic heterocycles. The fourth-order valence-corrected chi connectivity index (χ4v) is 5.22. The fraction of sp³-hybridized carbons (Fsp3) is 0.241. The molecule has 14 heteroatoms. The lowest BCUT2D eigenvalue weighted by molar-refractivity contribution is -0.383. The second-order valence-corrected chi connectivity index (χ2v) is 10.2. The summed E-state index contributed by atoms with van der Waals surface area (Å²) in [7, 11) is 4.98. The van der Waals surface area contributed by atoms with Gasteiger partial charge in [-0.3, -0.25) is 19.7 Å². The number of nitrogens with zero attached hydrogens (tertiary/aromatic N) is 6. The van der Waals surface area contributed by atoms with E-state index in [1.807, 2.05) is 23.1 Å². The average molecular weight is 605 g/mol. The number of para-hydroxylation sites is 1. The van der Waals surface area contributed by atoms with Crippen LogP contribution >= 0.6 is 11.6 Å². The average Bonchev–Trinajstić information content (AvgIpc) is 3.42. The second kappa shape index (κ2) is 12.4. The van der Waals surface area contributed by atoms with Gasteiger partial charge in [0.05, 0.1) is 22.7 Å². The van der Waals surface area contributed by atoms with Crippen molar-refractivity contribution < 1.29 is 19.2 Å². The molecule has 222 valence electrons. The summed E-state index contributed by atoms with van der Waals surface area (Å²) in [6.45, 7) is 1.50. The van der Waals surface area contributed by atoms with Crippen LogP contribution in [-0.2, 0) is 7.05 Å². The maximum atomic E-state index is 13.7. The molecule has 0 spiro atoms. The highest BCUT2D eigenvalue weighted by Crippen LogP contribution is 2.37. The van der Waals surface area contributed by atoms with Gasteiger partial charge in [0, 0.05) is 63.2 Å². The lowest BCUT2D eigenvalue weighted by Crippen LogP contribution is -2.49. The summed E-state index contributed by atoms with van der Waals surface area (Å²) in [5.41, 5.74) is 2.79. The van der Waals surface area contributed by atoms with Crippen molar-refractivity contribution in [3.8, 4) is 17.0 Å². The Morgan fingerprint density at radius 2 is 1.74 bits per heavy atom. The van der Waals surface area contributed by atoms with Crippen LogP contribution in [0.2, 0.25) is 5.02 Å². The minimum atomic E-state index is -0.590. The number of benzene rings is 3. The number of ether oxygens (including phenoxy) is 1. The van der Waals surface area contributed by atoms with Crippen molar-refractivity contribution in [3.63, 3.8) is 0 Å². The molecule has 5 rings (SSSR count). The number of nitrogens with one attached hydrogen (secondary N) is 2. The van der Waals surface area contributed by atoms with Crippen LogP contribution in [0.5, 0.6) is 5.75 Å². The summed E-state index contributed by atoms with van der Waals surface area (Å²) < 4.78 is 6.91. The Morgan fingerprint density at radius 3 is 2.40 bits per heavy atom. The first kappa shape index (κ1) is 29.3.